The van der Waals surface area contributed by atoms with Gasteiger partial charge in [0.05, 0.1) is 0 Å². The number of hydrogen-bond donors (Lipinski definition) is 1. The number of hydrogen-bond acceptors (Lipinski definition) is 2. The Bertz CT molecular complexity index is 202. The molecule has 90 valence electrons. The van der Waals surface area contributed by atoms with Crippen molar-refractivity contribution in [1.82, 2.24) is 0 Å². The molecule has 0 unspecified atom stereocenters. The highest BCUT2D eigenvalue weighted by molar-refractivity contribution is 6.74. The van der Waals surface area contributed by atoms with E-state index in [1.165, 1.54) is 0 Å². The Morgan fingerprint density at radius 3 is 2.13 bits per heavy atom. The van der Waals surface area contributed by atoms with Crippen molar-refractivity contribution in [3.05, 3.63) is 0 Å². The second-order valence-corrected chi connectivity index (χ2v) is 11.3. The summed E-state index contributed by atoms with van der Waals surface area (Å²) in [6.45, 7) is 12.7. The van der Waals surface area contributed by atoms with Gasteiger partial charge in [0, 0.05) is 13.2 Å². The van der Waals surface area contributed by atoms with Gasteiger partial charge < -0.3 is 9.53 Å². The fourth-order valence-corrected chi connectivity index (χ4v) is 2.79. The Labute approximate surface area is 95.2 Å². The summed E-state index contributed by atoms with van der Waals surface area (Å²) < 4.78 is 6.15. The highest BCUT2D eigenvalue weighted by atomic mass is 28.4. The average Bonchev–Trinajstić information content (AvgIpc) is 1.99. The van der Waals surface area contributed by atoms with E-state index in [4.69, 9.17) is 9.53 Å². The van der Waals surface area contributed by atoms with Crippen LogP contribution in [-0.4, -0.2) is 26.6 Å². The molecule has 1 aliphatic rings. The molecule has 0 aromatic rings. The Kier molecular flexibility index (Phi) is 4.01. The van der Waals surface area contributed by atoms with E-state index in [2.05, 4.69) is 33.9 Å². The van der Waals surface area contributed by atoms with Crippen LogP contribution in [-0.2, 0) is 4.43 Å². The summed E-state index contributed by atoms with van der Waals surface area (Å²) >= 11 is 0. The summed E-state index contributed by atoms with van der Waals surface area (Å²) in [5, 5.41) is 9.24. The van der Waals surface area contributed by atoms with Gasteiger partial charge in [-0.2, -0.15) is 0 Å². The molecule has 1 fully saturated rings. The van der Waals surface area contributed by atoms with Crippen molar-refractivity contribution in [3.63, 3.8) is 0 Å². The van der Waals surface area contributed by atoms with Crippen LogP contribution in [0.5, 0.6) is 0 Å². The van der Waals surface area contributed by atoms with E-state index in [0.29, 0.717) is 23.5 Å². The first kappa shape index (κ1) is 13.2. The zero-order chi connectivity index (χ0) is 11.7. The second-order valence-electron chi connectivity index (χ2n) is 6.46. The molecule has 2 nitrogen and oxygen atoms in total. The maximum absolute atomic E-state index is 8.93. The topological polar surface area (TPSA) is 29.5 Å². The molecule has 0 amide bonds. The van der Waals surface area contributed by atoms with Crippen molar-refractivity contribution in [2.45, 2.75) is 51.7 Å². The van der Waals surface area contributed by atoms with Crippen molar-refractivity contribution in [3.8, 4) is 0 Å². The van der Waals surface area contributed by atoms with Crippen LogP contribution in [0.2, 0.25) is 18.1 Å². The molecule has 15 heavy (non-hydrogen) atoms. The zero-order valence-electron chi connectivity index (χ0n) is 10.8. The molecule has 0 heterocycles. The second kappa shape index (κ2) is 4.56. The summed E-state index contributed by atoms with van der Waals surface area (Å²) in [4.78, 5) is 0. The van der Waals surface area contributed by atoms with Crippen LogP contribution >= 0.6 is 0 Å². The third kappa shape index (κ3) is 3.30. The van der Waals surface area contributed by atoms with E-state index in [0.717, 1.165) is 19.4 Å². The Balaban J connectivity index is 2.26. The third-order valence-electron chi connectivity index (χ3n) is 4.08. The predicted octanol–water partition coefficient (Wildman–Crippen LogP) is 3.03. The van der Waals surface area contributed by atoms with Crippen molar-refractivity contribution >= 4 is 8.32 Å². The van der Waals surface area contributed by atoms with Crippen molar-refractivity contribution in [2.75, 3.05) is 13.2 Å². The third-order valence-corrected chi connectivity index (χ3v) is 8.58. The zero-order valence-corrected chi connectivity index (χ0v) is 11.8. The first-order valence-electron chi connectivity index (χ1n) is 6.01. The van der Waals surface area contributed by atoms with Gasteiger partial charge in [-0.3, -0.25) is 0 Å². The standard InChI is InChI=1S/C12H26O2Si/c1-12(2,3)15(4,5)14-9-11-6-10(7-11)8-13/h10-11,13H,6-9H2,1-5H3. The normalized spacial score (nSPS) is 27.6. The molecule has 0 atom stereocenters. The van der Waals surface area contributed by atoms with Crippen LogP contribution in [0.1, 0.15) is 33.6 Å². The largest absolute Gasteiger partial charge is 0.417 e. The number of aliphatic hydroxyl groups is 1. The van der Waals surface area contributed by atoms with Gasteiger partial charge in [0.2, 0.25) is 0 Å². The van der Waals surface area contributed by atoms with E-state index in [1.54, 1.807) is 0 Å². The fraction of sp³-hybridized carbons (Fsp3) is 1.00. The maximum Gasteiger partial charge on any atom is 0.191 e. The lowest BCUT2D eigenvalue weighted by atomic mass is 9.76. The molecule has 3 heteroatoms. The maximum atomic E-state index is 8.93. The van der Waals surface area contributed by atoms with Crippen LogP contribution in [0, 0.1) is 11.8 Å². The van der Waals surface area contributed by atoms with Gasteiger partial charge in [0.1, 0.15) is 0 Å². The monoisotopic (exact) mass is 230 g/mol. The lowest BCUT2D eigenvalue weighted by molar-refractivity contribution is 0.0686. The van der Waals surface area contributed by atoms with E-state index in [1.807, 2.05) is 0 Å². The SMILES string of the molecule is CC(C)(C)[Si](C)(C)OCC1CC(CO)C1. The lowest BCUT2D eigenvalue weighted by Gasteiger charge is -2.40. The molecule has 0 aromatic carbocycles. The molecule has 0 aromatic heterocycles. The predicted molar refractivity (Wildman–Crippen MR) is 66.4 cm³/mol. The van der Waals surface area contributed by atoms with Gasteiger partial charge >= 0.3 is 0 Å². The Morgan fingerprint density at radius 2 is 1.73 bits per heavy atom. The highest BCUT2D eigenvalue weighted by Gasteiger charge is 2.38. The van der Waals surface area contributed by atoms with Crippen LogP contribution in [0.3, 0.4) is 0 Å². The van der Waals surface area contributed by atoms with Gasteiger partial charge in [0.15, 0.2) is 8.32 Å². The van der Waals surface area contributed by atoms with Gasteiger partial charge in [-0.25, -0.2) is 0 Å². The quantitative estimate of drug-likeness (QED) is 0.752. The minimum Gasteiger partial charge on any atom is -0.417 e. The van der Waals surface area contributed by atoms with Crippen molar-refractivity contribution in [2.24, 2.45) is 11.8 Å². The fourth-order valence-electron chi connectivity index (χ4n) is 1.70. The first-order valence-corrected chi connectivity index (χ1v) is 8.92. The van der Waals surface area contributed by atoms with Crippen LogP contribution in [0.25, 0.3) is 0 Å². The molecule has 1 aliphatic carbocycles. The Hall–Kier alpha value is 0.137. The highest BCUT2D eigenvalue weighted by Crippen LogP contribution is 2.39. The van der Waals surface area contributed by atoms with Crippen LogP contribution < -0.4 is 0 Å². The van der Waals surface area contributed by atoms with Crippen LogP contribution in [0.4, 0.5) is 0 Å². The minimum atomic E-state index is -1.54. The molecule has 0 bridgehead atoms. The molecule has 0 saturated heterocycles. The molecular formula is C12H26O2Si. The molecule has 0 radical (unpaired) electrons. The lowest BCUT2D eigenvalue weighted by Crippen LogP contribution is -2.43. The summed E-state index contributed by atoms with van der Waals surface area (Å²) in [5.41, 5.74) is 0. The average molecular weight is 230 g/mol. The Morgan fingerprint density at radius 1 is 1.20 bits per heavy atom. The number of aliphatic hydroxyl groups excluding tert-OH is 1. The van der Waals surface area contributed by atoms with E-state index < -0.39 is 8.32 Å². The smallest absolute Gasteiger partial charge is 0.191 e. The van der Waals surface area contributed by atoms with Crippen LogP contribution in [0.15, 0.2) is 0 Å². The van der Waals surface area contributed by atoms with Gasteiger partial charge in [-0.05, 0) is 42.8 Å². The summed E-state index contributed by atoms with van der Waals surface area (Å²) in [7, 11) is -1.54. The van der Waals surface area contributed by atoms with E-state index in [9.17, 15) is 0 Å². The number of rotatable bonds is 4. The van der Waals surface area contributed by atoms with E-state index >= 15 is 0 Å². The summed E-state index contributed by atoms with van der Waals surface area (Å²) in [6.07, 6.45) is 2.32. The summed E-state index contributed by atoms with van der Waals surface area (Å²) in [5.74, 6) is 1.26. The summed E-state index contributed by atoms with van der Waals surface area (Å²) in [6, 6.07) is 0. The molecule has 1 rings (SSSR count). The first-order chi connectivity index (χ1) is 6.76. The molecule has 0 aliphatic heterocycles. The van der Waals surface area contributed by atoms with Gasteiger partial charge in [-0.15, -0.1) is 0 Å². The molecule has 1 N–H and O–H groups in total. The molecule has 0 spiro atoms. The van der Waals surface area contributed by atoms with Crippen molar-refractivity contribution < 1.29 is 9.53 Å². The molecular weight excluding hydrogens is 204 g/mol. The van der Waals surface area contributed by atoms with Gasteiger partial charge in [0.25, 0.3) is 0 Å². The molecule has 1 saturated carbocycles. The van der Waals surface area contributed by atoms with Gasteiger partial charge in [-0.1, -0.05) is 20.8 Å². The minimum absolute atomic E-state index is 0.313. The van der Waals surface area contributed by atoms with Crippen molar-refractivity contribution in [1.29, 1.82) is 0 Å². The van der Waals surface area contributed by atoms with E-state index in [-0.39, 0.29) is 0 Å².